The summed E-state index contributed by atoms with van der Waals surface area (Å²) < 4.78 is 11.0. The summed E-state index contributed by atoms with van der Waals surface area (Å²) in [4.78, 5) is 12.9. The topological polar surface area (TPSA) is 47.6 Å². The third kappa shape index (κ3) is 5.57. The molecule has 1 amide bonds. The minimum absolute atomic E-state index is 0.0500. The van der Waals surface area contributed by atoms with Crippen molar-refractivity contribution in [2.24, 2.45) is 5.92 Å². The molecule has 144 valence electrons. The van der Waals surface area contributed by atoms with Gasteiger partial charge in [0, 0.05) is 12.2 Å². The summed E-state index contributed by atoms with van der Waals surface area (Å²) in [5, 5.41) is 3.28. The monoisotopic (exact) mass is 367 g/mol. The molecule has 1 unspecified atom stereocenters. The predicted molar refractivity (Wildman–Crippen MR) is 107 cm³/mol. The van der Waals surface area contributed by atoms with Crippen LogP contribution in [-0.2, 0) is 4.74 Å². The van der Waals surface area contributed by atoms with Crippen LogP contribution >= 0.6 is 0 Å². The molecule has 27 heavy (non-hydrogen) atoms. The summed E-state index contributed by atoms with van der Waals surface area (Å²) in [6.07, 6.45) is 4.82. The number of carbonyl (C=O) groups is 1. The fourth-order valence-corrected chi connectivity index (χ4v) is 3.74. The van der Waals surface area contributed by atoms with Crippen molar-refractivity contribution < 1.29 is 14.3 Å². The Morgan fingerprint density at radius 1 is 1.07 bits per heavy atom. The summed E-state index contributed by atoms with van der Waals surface area (Å²) in [5.41, 5.74) is 1.81. The molecule has 1 fully saturated rings. The van der Waals surface area contributed by atoms with Crippen molar-refractivity contribution in [2.75, 3.05) is 19.8 Å². The number of ether oxygens (including phenoxy) is 2. The van der Waals surface area contributed by atoms with Gasteiger partial charge in [0.15, 0.2) is 0 Å². The Morgan fingerprint density at radius 3 is 2.59 bits per heavy atom. The highest BCUT2D eigenvalue weighted by molar-refractivity contribution is 5.94. The van der Waals surface area contributed by atoms with Crippen molar-refractivity contribution in [3.8, 4) is 5.75 Å². The fourth-order valence-electron chi connectivity index (χ4n) is 3.74. The minimum atomic E-state index is -0.0500. The Labute approximate surface area is 161 Å². The number of hydrogen-bond acceptors (Lipinski definition) is 3. The first-order valence-corrected chi connectivity index (χ1v) is 9.94. The maximum absolute atomic E-state index is 12.9. The third-order valence-electron chi connectivity index (χ3n) is 5.11. The van der Waals surface area contributed by atoms with Crippen molar-refractivity contribution in [3.63, 3.8) is 0 Å². The third-order valence-corrected chi connectivity index (χ3v) is 5.11. The molecule has 2 aromatic rings. The summed E-state index contributed by atoms with van der Waals surface area (Å²) in [7, 11) is 0. The lowest BCUT2D eigenvalue weighted by Gasteiger charge is -2.25. The van der Waals surface area contributed by atoms with Crippen LogP contribution in [0.2, 0.25) is 0 Å². The van der Waals surface area contributed by atoms with Gasteiger partial charge in [-0.2, -0.15) is 0 Å². The van der Waals surface area contributed by atoms with Gasteiger partial charge in [0.25, 0.3) is 5.91 Å². The van der Waals surface area contributed by atoms with E-state index in [1.165, 1.54) is 31.2 Å². The van der Waals surface area contributed by atoms with E-state index in [1.54, 1.807) is 6.07 Å². The SMILES string of the molecule is CCOCCOc1cccc(C(=O)NC(c2ccccc2)C2CCCC2)c1. The standard InChI is InChI=1S/C23H29NO3/c1-2-26-15-16-27-21-14-8-13-20(17-21)23(25)24-22(19-11-6-7-12-19)18-9-4-3-5-10-18/h3-5,8-10,13-14,17,19,22H,2,6-7,11-12,15-16H2,1H3,(H,24,25). The fraction of sp³-hybridized carbons (Fsp3) is 0.435. The number of benzene rings is 2. The molecule has 0 radical (unpaired) electrons. The zero-order valence-electron chi connectivity index (χ0n) is 16.0. The Hall–Kier alpha value is -2.33. The summed E-state index contributed by atoms with van der Waals surface area (Å²) >= 11 is 0. The maximum Gasteiger partial charge on any atom is 0.251 e. The van der Waals surface area contributed by atoms with Crippen LogP contribution in [0, 0.1) is 5.92 Å². The molecule has 1 N–H and O–H groups in total. The Bertz CT molecular complexity index is 711. The lowest BCUT2D eigenvalue weighted by molar-refractivity contribution is 0.0920. The molecule has 0 saturated heterocycles. The molecule has 1 atom stereocenters. The quantitative estimate of drug-likeness (QED) is 0.650. The number of amides is 1. The molecule has 0 aromatic heterocycles. The normalized spacial score (nSPS) is 15.4. The van der Waals surface area contributed by atoms with E-state index < -0.39 is 0 Å². The van der Waals surface area contributed by atoms with Crippen molar-refractivity contribution in [3.05, 3.63) is 65.7 Å². The van der Waals surface area contributed by atoms with Gasteiger partial charge in [-0.1, -0.05) is 49.2 Å². The van der Waals surface area contributed by atoms with Crippen molar-refractivity contribution >= 4 is 5.91 Å². The van der Waals surface area contributed by atoms with E-state index in [2.05, 4.69) is 17.4 Å². The molecule has 1 saturated carbocycles. The zero-order valence-corrected chi connectivity index (χ0v) is 16.0. The van der Waals surface area contributed by atoms with Gasteiger partial charge < -0.3 is 14.8 Å². The van der Waals surface area contributed by atoms with Gasteiger partial charge in [0.2, 0.25) is 0 Å². The molecule has 2 aromatic carbocycles. The van der Waals surface area contributed by atoms with Gasteiger partial charge in [-0.15, -0.1) is 0 Å². The molecule has 1 aliphatic rings. The second kappa shape index (κ2) is 10.1. The van der Waals surface area contributed by atoms with Gasteiger partial charge in [0.05, 0.1) is 12.6 Å². The summed E-state index contributed by atoms with van der Waals surface area (Å²) in [6, 6.07) is 17.7. The Kier molecular flexibility index (Phi) is 7.28. The van der Waals surface area contributed by atoms with E-state index in [4.69, 9.17) is 9.47 Å². The first-order valence-electron chi connectivity index (χ1n) is 9.94. The van der Waals surface area contributed by atoms with E-state index in [-0.39, 0.29) is 11.9 Å². The molecule has 0 spiro atoms. The highest BCUT2D eigenvalue weighted by Gasteiger charge is 2.28. The van der Waals surface area contributed by atoms with Crippen LogP contribution in [0.25, 0.3) is 0 Å². The number of nitrogens with one attached hydrogen (secondary N) is 1. The molecular weight excluding hydrogens is 338 g/mol. The molecule has 0 aliphatic heterocycles. The number of rotatable bonds is 9. The summed E-state index contributed by atoms with van der Waals surface area (Å²) in [6.45, 7) is 3.66. The van der Waals surface area contributed by atoms with Gasteiger partial charge in [-0.3, -0.25) is 4.79 Å². The van der Waals surface area contributed by atoms with Crippen molar-refractivity contribution in [1.29, 1.82) is 0 Å². The van der Waals surface area contributed by atoms with E-state index in [0.717, 1.165) is 0 Å². The Morgan fingerprint density at radius 2 is 1.85 bits per heavy atom. The van der Waals surface area contributed by atoms with E-state index in [9.17, 15) is 4.79 Å². The molecule has 4 heteroatoms. The zero-order chi connectivity index (χ0) is 18.9. The Balaban J connectivity index is 1.68. The molecule has 1 aliphatic carbocycles. The lowest BCUT2D eigenvalue weighted by atomic mass is 9.91. The first-order chi connectivity index (χ1) is 13.3. The first kappa shape index (κ1) is 19.4. The maximum atomic E-state index is 12.9. The number of hydrogen-bond donors (Lipinski definition) is 1. The highest BCUT2D eigenvalue weighted by Crippen LogP contribution is 2.35. The van der Waals surface area contributed by atoms with Crippen LogP contribution in [0.3, 0.4) is 0 Å². The van der Waals surface area contributed by atoms with Crippen LogP contribution in [0.5, 0.6) is 5.75 Å². The van der Waals surface area contributed by atoms with E-state index in [0.29, 0.717) is 37.1 Å². The second-order valence-corrected chi connectivity index (χ2v) is 6.98. The average molecular weight is 367 g/mol. The smallest absolute Gasteiger partial charge is 0.251 e. The van der Waals surface area contributed by atoms with Crippen LogP contribution in [0.4, 0.5) is 0 Å². The van der Waals surface area contributed by atoms with E-state index in [1.807, 2.05) is 43.3 Å². The van der Waals surface area contributed by atoms with Gasteiger partial charge in [-0.25, -0.2) is 0 Å². The average Bonchev–Trinajstić information content (AvgIpc) is 3.25. The molecule has 0 bridgehead atoms. The van der Waals surface area contributed by atoms with Gasteiger partial charge >= 0.3 is 0 Å². The van der Waals surface area contributed by atoms with Crippen LogP contribution in [-0.4, -0.2) is 25.7 Å². The second-order valence-electron chi connectivity index (χ2n) is 6.98. The lowest BCUT2D eigenvalue weighted by Crippen LogP contribution is -2.32. The largest absolute Gasteiger partial charge is 0.491 e. The van der Waals surface area contributed by atoms with Crippen molar-refractivity contribution in [1.82, 2.24) is 5.32 Å². The molecule has 3 rings (SSSR count). The van der Waals surface area contributed by atoms with Crippen LogP contribution < -0.4 is 10.1 Å². The predicted octanol–water partition coefficient (Wildman–Crippen LogP) is 4.76. The van der Waals surface area contributed by atoms with Gasteiger partial charge in [0.1, 0.15) is 12.4 Å². The molecular formula is C23H29NO3. The molecule has 4 nitrogen and oxygen atoms in total. The molecule has 0 heterocycles. The van der Waals surface area contributed by atoms with Crippen LogP contribution in [0.15, 0.2) is 54.6 Å². The van der Waals surface area contributed by atoms with Gasteiger partial charge in [-0.05, 0) is 49.4 Å². The number of carbonyl (C=O) groups excluding carboxylic acids is 1. The summed E-state index contributed by atoms with van der Waals surface area (Å²) in [5.74, 6) is 1.15. The van der Waals surface area contributed by atoms with Crippen LogP contribution in [0.1, 0.15) is 54.6 Å². The highest BCUT2D eigenvalue weighted by atomic mass is 16.5. The van der Waals surface area contributed by atoms with E-state index >= 15 is 0 Å². The minimum Gasteiger partial charge on any atom is -0.491 e. The van der Waals surface area contributed by atoms with Crippen molar-refractivity contribution in [2.45, 2.75) is 38.6 Å².